The maximum Gasteiger partial charge on any atom is 0.125 e. The van der Waals surface area contributed by atoms with Crippen molar-refractivity contribution < 1.29 is 9.84 Å². The number of fused-ring (bicyclic) bond motifs is 1. The molecule has 0 radical (unpaired) electrons. The van der Waals surface area contributed by atoms with Crippen LogP contribution < -0.4 is 4.74 Å². The highest BCUT2D eigenvalue weighted by molar-refractivity contribution is 5.43. The first kappa shape index (κ1) is 9.53. The molecule has 0 aliphatic carbocycles. The molecule has 0 bridgehead atoms. The van der Waals surface area contributed by atoms with Crippen molar-refractivity contribution >= 4 is 0 Å². The quantitative estimate of drug-likeness (QED) is 0.684. The molecule has 1 aromatic carbocycles. The van der Waals surface area contributed by atoms with Gasteiger partial charge in [-0.25, -0.2) is 0 Å². The summed E-state index contributed by atoms with van der Waals surface area (Å²) >= 11 is 0. The van der Waals surface area contributed by atoms with Gasteiger partial charge in [-0.3, -0.25) is 0 Å². The molecule has 1 unspecified atom stereocenters. The number of aliphatic hydroxyl groups is 1. The van der Waals surface area contributed by atoms with E-state index in [1.54, 1.807) is 0 Å². The molecular formula is C12H16O2. The van der Waals surface area contributed by atoms with Crippen molar-refractivity contribution in [2.24, 2.45) is 0 Å². The van der Waals surface area contributed by atoms with E-state index in [0.717, 1.165) is 11.3 Å². The maximum absolute atomic E-state index is 9.65. The molecule has 1 N–H and O–H groups in total. The van der Waals surface area contributed by atoms with Gasteiger partial charge in [-0.2, -0.15) is 0 Å². The first-order chi connectivity index (χ1) is 6.48. The third-order valence-electron chi connectivity index (χ3n) is 2.63. The first-order valence-corrected chi connectivity index (χ1v) is 4.94. The zero-order valence-corrected chi connectivity index (χ0v) is 8.87. The van der Waals surface area contributed by atoms with Crippen LogP contribution in [0.1, 0.15) is 38.0 Å². The fourth-order valence-electron chi connectivity index (χ4n) is 1.67. The molecule has 0 fully saturated rings. The van der Waals surface area contributed by atoms with Crippen LogP contribution in [0.4, 0.5) is 0 Å². The molecule has 1 heterocycles. The summed E-state index contributed by atoms with van der Waals surface area (Å²) in [5.41, 5.74) is 2.29. The van der Waals surface area contributed by atoms with E-state index >= 15 is 0 Å². The average molecular weight is 192 g/mol. The van der Waals surface area contributed by atoms with Crippen LogP contribution in [0.25, 0.3) is 0 Å². The van der Waals surface area contributed by atoms with E-state index in [9.17, 15) is 5.11 Å². The first-order valence-electron chi connectivity index (χ1n) is 4.94. The van der Waals surface area contributed by atoms with E-state index in [2.05, 4.69) is 26.8 Å². The number of benzene rings is 1. The topological polar surface area (TPSA) is 29.5 Å². The second-order valence-corrected chi connectivity index (χ2v) is 4.83. The van der Waals surface area contributed by atoms with Gasteiger partial charge < -0.3 is 9.84 Å². The lowest BCUT2D eigenvalue weighted by Crippen LogP contribution is -2.11. The van der Waals surface area contributed by atoms with Gasteiger partial charge in [0.15, 0.2) is 0 Å². The number of aliphatic hydroxyl groups excluding tert-OH is 1. The van der Waals surface area contributed by atoms with Crippen molar-refractivity contribution in [2.75, 3.05) is 6.61 Å². The summed E-state index contributed by atoms with van der Waals surface area (Å²) in [4.78, 5) is 0. The minimum atomic E-state index is -0.452. The standard InChI is InChI=1S/C12H16O2/c1-12(2,3)8-4-5-11-9(6-8)10(13)7-14-11/h4-6,10,13H,7H2,1-3H3. The van der Waals surface area contributed by atoms with Crippen molar-refractivity contribution in [3.05, 3.63) is 29.3 Å². The largest absolute Gasteiger partial charge is 0.490 e. The third kappa shape index (κ3) is 1.50. The van der Waals surface area contributed by atoms with Gasteiger partial charge in [0.25, 0.3) is 0 Å². The molecule has 1 aromatic rings. The summed E-state index contributed by atoms with van der Waals surface area (Å²) < 4.78 is 5.33. The van der Waals surface area contributed by atoms with E-state index < -0.39 is 6.10 Å². The molecule has 0 saturated carbocycles. The molecular weight excluding hydrogens is 176 g/mol. The monoisotopic (exact) mass is 192 g/mol. The van der Waals surface area contributed by atoms with Crippen molar-refractivity contribution in [1.82, 2.24) is 0 Å². The Morgan fingerprint density at radius 1 is 1.36 bits per heavy atom. The number of ether oxygens (including phenoxy) is 1. The Kier molecular flexibility index (Phi) is 2.04. The predicted molar refractivity (Wildman–Crippen MR) is 55.6 cm³/mol. The predicted octanol–water partition coefficient (Wildman–Crippen LogP) is 2.41. The van der Waals surface area contributed by atoms with E-state index in [0.29, 0.717) is 6.61 Å². The molecule has 2 heteroatoms. The average Bonchev–Trinajstić information content (AvgIpc) is 2.46. The molecule has 2 rings (SSSR count). The van der Waals surface area contributed by atoms with Crippen molar-refractivity contribution in [1.29, 1.82) is 0 Å². The van der Waals surface area contributed by atoms with E-state index in [4.69, 9.17) is 4.74 Å². The maximum atomic E-state index is 9.65. The smallest absolute Gasteiger partial charge is 0.125 e. The van der Waals surface area contributed by atoms with E-state index in [1.165, 1.54) is 5.56 Å². The van der Waals surface area contributed by atoms with Gasteiger partial charge in [-0.05, 0) is 23.1 Å². The second-order valence-electron chi connectivity index (χ2n) is 4.83. The molecule has 76 valence electrons. The van der Waals surface area contributed by atoms with Crippen LogP contribution in [0, 0.1) is 0 Å². The van der Waals surface area contributed by atoms with Gasteiger partial charge in [-0.1, -0.05) is 26.8 Å². The minimum Gasteiger partial charge on any atom is -0.490 e. The zero-order valence-electron chi connectivity index (χ0n) is 8.87. The Labute approximate surface area is 84.5 Å². The number of hydrogen-bond acceptors (Lipinski definition) is 2. The molecule has 1 aliphatic rings. The van der Waals surface area contributed by atoms with Crippen LogP contribution in [0.15, 0.2) is 18.2 Å². The molecule has 1 atom stereocenters. The zero-order chi connectivity index (χ0) is 10.3. The fourth-order valence-corrected chi connectivity index (χ4v) is 1.67. The Bertz CT molecular complexity index is 350. The lowest BCUT2D eigenvalue weighted by atomic mass is 9.86. The molecule has 14 heavy (non-hydrogen) atoms. The number of rotatable bonds is 0. The van der Waals surface area contributed by atoms with Crippen LogP contribution in [0.3, 0.4) is 0 Å². The summed E-state index contributed by atoms with van der Waals surface area (Å²) in [6, 6.07) is 6.07. The lowest BCUT2D eigenvalue weighted by Gasteiger charge is -2.19. The Hall–Kier alpha value is -1.02. The molecule has 0 saturated heterocycles. The van der Waals surface area contributed by atoms with Gasteiger partial charge in [0.05, 0.1) is 0 Å². The summed E-state index contributed by atoms with van der Waals surface area (Å²) in [6.07, 6.45) is -0.452. The van der Waals surface area contributed by atoms with Gasteiger partial charge in [0, 0.05) is 5.56 Å². The Balaban J connectivity index is 2.45. The lowest BCUT2D eigenvalue weighted by molar-refractivity contribution is 0.140. The van der Waals surface area contributed by atoms with Crippen molar-refractivity contribution in [3.8, 4) is 5.75 Å². The van der Waals surface area contributed by atoms with Crippen molar-refractivity contribution in [3.63, 3.8) is 0 Å². The summed E-state index contributed by atoms with van der Waals surface area (Å²) in [6.45, 7) is 6.88. The SMILES string of the molecule is CC(C)(C)c1ccc2c(c1)C(O)CO2. The van der Waals surface area contributed by atoms with Crippen molar-refractivity contribution in [2.45, 2.75) is 32.3 Å². The Morgan fingerprint density at radius 2 is 2.07 bits per heavy atom. The molecule has 0 amide bonds. The fraction of sp³-hybridized carbons (Fsp3) is 0.500. The van der Waals surface area contributed by atoms with Gasteiger partial charge in [-0.15, -0.1) is 0 Å². The normalized spacial score (nSPS) is 20.4. The van der Waals surface area contributed by atoms with Crippen LogP contribution in [0.2, 0.25) is 0 Å². The van der Waals surface area contributed by atoms with Crippen LogP contribution in [0.5, 0.6) is 5.75 Å². The summed E-state index contributed by atoms with van der Waals surface area (Å²) in [5.74, 6) is 0.825. The van der Waals surface area contributed by atoms with Gasteiger partial charge >= 0.3 is 0 Å². The van der Waals surface area contributed by atoms with E-state index in [-0.39, 0.29) is 5.41 Å². The summed E-state index contributed by atoms with van der Waals surface area (Å²) in [5, 5.41) is 9.65. The van der Waals surface area contributed by atoms with Crippen LogP contribution in [-0.2, 0) is 5.41 Å². The second kappa shape index (κ2) is 2.99. The molecule has 0 aromatic heterocycles. The Morgan fingerprint density at radius 3 is 2.71 bits per heavy atom. The van der Waals surface area contributed by atoms with Gasteiger partial charge in [0.2, 0.25) is 0 Å². The highest BCUT2D eigenvalue weighted by Crippen LogP contribution is 2.35. The minimum absolute atomic E-state index is 0.122. The number of hydrogen-bond donors (Lipinski definition) is 1. The third-order valence-corrected chi connectivity index (χ3v) is 2.63. The molecule has 1 aliphatic heterocycles. The molecule has 2 nitrogen and oxygen atoms in total. The highest BCUT2D eigenvalue weighted by Gasteiger charge is 2.24. The molecule has 0 spiro atoms. The summed E-state index contributed by atoms with van der Waals surface area (Å²) in [7, 11) is 0. The highest BCUT2D eigenvalue weighted by atomic mass is 16.5. The van der Waals surface area contributed by atoms with Crippen LogP contribution in [-0.4, -0.2) is 11.7 Å². The van der Waals surface area contributed by atoms with Crippen LogP contribution >= 0.6 is 0 Å². The van der Waals surface area contributed by atoms with E-state index in [1.807, 2.05) is 12.1 Å². The van der Waals surface area contributed by atoms with Gasteiger partial charge in [0.1, 0.15) is 18.5 Å².